The number of benzene rings is 2. The van der Waals surface area contributed by atoms with E-state index in [1.165, 1.54) is 7.11 Å². The molecule has 0 spiro atoms. The summed E-state index contributed by atoms with van der Waals surface area (Å²) in [7, 11) is 3.03. The predicted octanol–water partition coefficient (Wildman–Crippen LogP) is 3.49. The molecule has 3 rings (SSSR count). The van der Waals surface area contributed by atoms with Crippen LogP contribution in [0.25, 0.3) is 11.1 Å². The summed E-state index contributed by atoms with van der Waals surface area (Å²) in [6, 6.07) is 15.7. The Morgan fingerprint density at radius 2 is 1.78 bits per heavy atom. The Kier molecular flexibility index (Phi) is 5.98. The monoisotopic (exact) mass is 365 g/mol. The van der Waals surface area contributed by atoms with Gasteiger partial charge in [0, 0.05) is 13.5 Å². The van der Waals surface area contributed by atoms with Crippen LogP contribution in [0.4, 0.5) is 0 Å². The van der Waals surface area contributed by atoms with Crippen molar-refractivity contribution < 1.29 is 14.3 Å². The number of esters is 1. The molecule has 0 bridgehead atoms. The van der Waals surface area contributed by atoms with Gasteiger partial charge in [-0.25, -0.2) is 4.79 Å². The molecule has 1 heterocycles. The summed E-state index contributed by atoms with van der Waals surface area (Å²) in [5, 5.41) is 8.44. The van der Waals surface area contributed by atoms with Crippen molar-refractivity contribution in [1.29, 1.82) is 0 Å². The molecule has 0 amide bonds. The summed E-state index contributed by atoms with van der Waals surface area (Å²) in [5.41, 5.74) is 3.34. The summed E-state index contributed by atoms with van der Waals surface area (Å²) in [5.74, 6) is 1.29. The summed E-state index contributed by atoms with van der Waals surface area (Å²) in [6.45, 7) is 2.99. The van der Waals surface area contributed by atoms with E-state index < -0.39 is 0 Å². The normalized spacial score (nSPS) is 10.8. The number of hydrogen-bond acceptors (Lipinski definition) is 5. The van der Waals surface area contributed by atoms with Crippen molar-refractivity contribution in [3.05, 3.63) is 71.3 Å². The van der Waals surface area contributed by atoms with E-state index in [0.29, 0.717) is 18.7 Å². The SMILES string of the molecule is CCc1nnc(COC)n1Cc1ccc(-c2ccccc2)c(C(=O)OC)c1. The van der Waals surface area contributed by atoms with Crippen molar-refractivity contribution in [2.45, 2.75) is 26.5 Å². The molecular weight excluding hydrogens is 342 g/mol. The zero-order valence-corrected chi connectivity index (χ0v) is 15.8. The average Bonchev–Trinajstić information content (AvgIpc) is 3.09. The molecule has 0 fully saturated rings. The highest BCUT2D eigenvalue weighted by molar-refractivity contribution is 5.97. The van der Waals surface area contributed by atoms with Crippen LogP contribution in [0.1, 0.15) is 34.5 Å². The Morgan fingerprint density at radius 1 is 1.04 bits per heavy atom. The standard InChI is InChI=1S/C21H23N3O3/c1-4-19-22-23-20(14-26-2)24(19)13-15-10-11-17(16-8-6-5-7-9-16)18(12-15)21(25)27-3/h5-12H,4,13-14H2,1-3H3. The van der Waals surface area contributed by atoms with Gasteiger partial charge >= 0.3 is 5.97 Å². The van der Waals surface area contributed by atoms with Gasteiger partial charge in [0.15, 0.2) is 5.82 Å². The van der Waals surface area contributed by atoms with Crippen LogP contribution in [-0.2, 0) is 29.0 Å². The van der Waals surface area contributed by atoms with E-state index in [1.54, 1.807) is 7.11 Å². The van der Waals surface area contributed by atoms with Crippen LogP contribution in [0.2, 0.25) is 0 Å². The summed E-state index contributed by atoms with van der Waals surface area (Å²) < 4.78 is 12.3. The first-order valence-corrected chi connectivity index (χ1v) is 8.84. The number of methoxy groups -OCH3 is 2. The van der Waals surface area contributed by atoms with Crippen LogP contribution >= 0.6 is 0 Å². The Labute approximate surface area is 158 Å². The fraction of sp³-hybridized carbons (Fsp3) is 0.286. The number of rotatable bonds is 7. The first-order chi connectivity index (χ1) is 13.2. The number of ether oxygens (including phenoxy) is 2. The molecule has 6 heteroatoms. The molecule has 27 heavy (non-hydrogen) atoms. The van der Waals surface area contributed by atoms with Crippen molar-refractivity contribution >= 4 is 5.97 Å². The van der Waals surface area contributed by atoms with Crippen LogP contribution in [0, 0.1) is 0 Å². The zero-order chi connectivity index (χ0) is 19.2. The van der Waals surface area contributed by atoms with E-state index in [4.69, 9.17) is 9.47 Å². The van der Waals surface area contributed by atoms with E-state index in [-0.39, 0.29) is 5.97 Å². The van der Waals surface area contributed by atoms with Gasteiger partial charge in [-0.3, -0.25) is 0 Å². The minimum Gasteiger partial charge on any atom is -0.465 e. The van der Waals surface area contributed by atoms with Crippen LogP contribution in [-0.4, -0.2) is 35.0 Å². The Balaban J connectivity index is 2.01. The third-order valence-corrected chi connectivity index (χ3v) is 4.41. The quantitative estimate of drug-likeness (QED) is 0.600. The maximum Gasteiger partial charge on any atom is 0.338 e. The van der Waals surface area contributed by atoms with E-state index in [9.17, 15) is 4.79 Å². The highest BCUT2D eigenvalue weighted by atomic mass is 16.5. The van der Waals surface area contributed by atoms with Crippen LogP contribution < -0.4 is 0 Å². The third kappa shape index (κ3) is 4.06. The zero-order valence-electron chi connectivity index (χ0n) is 15.8. The fourth-order valence-corrected chi connectivity index (χ4v) is 3.07. The molecule has 0 unspecified atom stereocenters. The van der Waals surface area contributed by atoms with Crippen molar-refractivity contribution in [3.63, 3.8) is 0 Å². The van der Waals surface area contributed by atoms with Gasteiger partial charge < -0.3 is 14.0 Å². The van der Waals surface area contributed by atoms with Crippen molar-refractivity contribution in [2.24, 2.45) is 0 Å². The number of carbonyl (C=O) groups excluding carboxylic acids is 1. The minimum absolute atomic E-state index is 0.354. The number of hydrogen-bond donors (Lipinski definition) is 0. The average molecular weight is 365 g/mol. The second kappa shape index (κ2) is 8.60. The molecule has 0 aliphatic heterocycles. The van der Waals surface area contributed by atoms with Gasteiger partial charge in [-0.1, -0.05) is 49.4 Å². The molecule has 1 aromatic heterocycles. The Hall–Kier alpha value is -2.99. The Bertz CT molecular complexity index is 920. The molecule has 3 aromatic rings. The lowest BCUT2D eigenvalue weighted by atomic mass is 9.97. The number of carbonyl (C=O) groups is 1. The highest BCUT2D eigenvalue weighted by Gasteiger charge is 2.16. The van der Waals surface area contributed by atoms with Gasteiger partial charge in [0.25, 0.3) is 0 Å². The van der Waals surface area contributed by atoms with Crippen LogP contribution in [0.5, 0.6) is 0 Å². The first-order valence-electron chi connectivity index (χ1n) is 8.84. The second-order valence-corrected chi connectivity index (χ2v) is 6.14. The molecule has 0 atom stereocenters. The largest absolute Gasteiger partial charge is 0.465 e. The van der Waals surface area contributed by atoms with E-state index in [1.807, 2.05) is 60.0 Å². The summed E-state index contributed by atoms with van der Waals surface area (Å²) in [6.07, 6.45) is 0.767. The molecule has 0 saturated heterocycles. The lowest BCUT2D eigenvalue weighted by Crippen LogP contribution is -2.11. The van der Waals surface area contributed by atoms with Gasteiger partial charge in [-0.15, -0.1) is 10.2 Å². The van der Waals surface area contributed by atoms with Gasteiger partial charge in [0.2, 0.25) is 0 Å². The molecule has 0 radical (unpaired) electrons. The number of aromatic nitrogens is 3. The maximum absolute atomic E-state index is 12.4. The maximum atomic E-state index is 12.4. The highest BCUT2D eigenvalue weighted by Crippen LogP contribution is 2.26. The lowest BCUT2D eigenvalue weighted by molar-refractivity contribution is 0.0601. The van der Waals surface area contributed by atoms with Gasteiger partial charge in [0.1, 0.15) is 12.4 Å². The number of aryl methyl sites for hydroxylation is 1. The van der Waals surface area contributed by atoms with Crippen LogP contribution in [0.3, 0.4) is 0 Å². The van der Waals surface area contributed by atoms with E-state index in [0.717, 1.165) is 34.8 Å². The smallest absolute Gasteiger partial charge is 0.338 e. The summed E-state index contributed by atoms with van der Waals surface area (Å²) in [4.78, 5) is 12.4. The molecule has 0 saturated carbocycles. The molecular formula is C21H23N3O3. The van der Waals surface area contributed by atoms with Gasteiger partial charge in [-0.05, 0) is 22.8 Å². The number of nitrogens with zero attached hydrogens (tertiary/aromatic N) is 3. The molecule has 140 valence electrons. The van der Waals surface area contributed by atoms with Crippen molar-refractivity contribution in [2.75, 3.05) is 14.2 Å². The van der Waals surface area contributed by atoms with Crippen molar-refractivity contribution in [1.82, 2.24) is 14.8 Å². The lowest BCUT2D eigenvalue weighted by Gasteiger charge is -2.13. The Morgan fingerprint density at radius 3 is 2.44 bits per heavy atom. The van der Waals surface area contributed by atoms with Crippen molar-refractivity contribution in [3.8, 4) is 11.1 Å². The first kappa shape index (κ1) is 18.8. The molecule has 0 N–H and O–H groups in total. The third-order valence-electron chi connectivity index (χ3n) is 4.41. The van der Waals surface area contributed by atoms with Gasteiger partial charge in [-0.2, -0.15) is 0 Å². The topological polar surface area (TPSA) is 66.2 Å². The van der Waals surface area contributed by atoms with Gasteiger partial charge in [0.05, 0.1) is 19.2 Å². The minimum atomic E-state index is -0.354. The van der Waals surface area contributed by atoms with Crippen LogP contribution in [0.15, 0.2) is 48.5 Å². The summed E-state index contributed by atoms with van der Waals surface area (Å²) >= 11 is 0. The molecule has 2 aromatic carbocycles. The van der Waals surface area contributed by atoms with E-state index in [2.05, 4.69) is 10.2 Å². The second-order valence-electron chi connectivity index (χ2n) is 6.14. The molecule has 0 aliphatic carbocycles. The molecule has 0 aliphatic rings. The molecule has 6 nitrogen and oxygen atoms in total. The fourth-order valence-electron chi connectivity index (χ4n) is 3.07. The predicted molar refractivity (Wildman–Crippen MR) is 102 cm³/mol. The van der Waals surface area contributed by atoms with E-state index >= 15 is 0 Å².